The first-order valence-electron chi connectivity index (χ1n) is 2.28. The van der Waals surface area contributed by atoms with Crippen molar-refractivity contribution in [3.8, 4) is 0 Å². The summed E-state index contributed by atoms with van der Waals surface area (Å²) < 4.78 is 0. The van der Waals surface area contributed by atoms with E-state index in [9.17, 15) is 9.59 Å². The highest BCUT2D eigenvalue weighted by atomic mass is 16.2. The van der Waals surface area contributed by atoms with E-state index in [1.165, 1.54) is 11.8 Å². The van der Waals surface area contributed by atoms with Gasteiger partial charge in [0, 0.05) is 21.0 Å². The van der Waals surface area contributed by atoms with Crippen LogP contribution < -0.4 is 0 Å². The molecule has 1 amide bonds. The van der Waals surface area contributed by atoms with Gasteiger partial charge in [0.15, 0.2) is 0 Å². The van der Waals surface area contributed by atoms with E-state index in [-0.39, 0.29) is 0 Å². The van der Waals surface area contributed by atoms with E-state index in [0.29, 0.717) is 0 Å². The molecule has 3 nitrogen and oxygen atoms in total. The van der Waals surface area contributed by atoms with Gasteiger partial charge in [-0.25, -0.2) is 0 Å². The van der Waals surface area contributed by atoms with Crippen molar-refractivity contribution in [2.45, 2.75) is 6.92 Å². The van der Waals surface area contributed by atoms with Gasteiger partial charge in [0.2, 0.25) is 5.78 Å². The fraction of sp³-hybridized carbons (Fsp3) is 0.600. The molecule has 0 aromatic heterocycles. The van der Waals surface area contributed by atoms with E-state index in [2.05, 4.69) is 0 Å². The number of nitrogens with zero attached hydrogens (tertiary/aromatic N) is 1. The third-order valence-electron chi connectivity index (χ3n) is 0.707. The molecule has 0 aliphatic heterocycles. The zero-order chi connectivity index (χ0) is 6.73. The lowest BCUT2D eigenvalue weighted by Crippen LogP contribution is -2.27. The van der Waals surface area contributed by atoms with Gasteiger partial charge < -0.3 is 4.90 Å². The van der Waals surface area contributed by atoms with Crippen molar-refractivity contribution in [1.29, 1.82) is 0 Å². The smallest absolute Gasteiger partial charge is 0.289 e. The first-order chi connectivity index (χ1) is 3.55. The minimum Gasteiger partial charge on any atom is -0.342 e. The van der Waals surface area contributed by atoms with Crippen molar-refractivity contribution < 1.29 is 9.59 Å². The Bertz CT molecular complexity index is 118. The Labute approximate surface area is 48.3 Å². The average Bonchev–Trinajstić information content (AvgIpc) is 1.64. The van der Waals surface area contributed by atoms with Crippen LogP contribution in [-0.2, 0) is 9.59 Å². The van der Waals surface area contributed by atoms with Crippen LogP contribution in [0.1, 0.15) is 6.92 Å². The molecule has 0 saturated heterocycles. The fourth-order valence-corrected chi connectivity index (χ4v) is 0.315. The predicted molar refractivity (Wildman–Crippen MR) is 29.4 cm³/mol. The van der Waals surface area contributed by atoms with E-state index < -0.39 is 11.7 Å². The molecular formula is C5H9NO2. The predicted octanol–water partition coefficient (Wildman–Crippen LogP) is -0.336. The fourth-order valence-electron chi connectivity index (χ4n) is 0.315. The van der Waals surface area contributed by atoms with Crippen LogP contribution in [-0.4, -0.2) is 30.7 Å². The molecule has 0 saturated carbocycles. The molecule has 0 aromatic rings. The first kappa shape index (κ1) is 7.14. The number of amides is 1. The van der Waals surface area contributed by atoms with Crippen molar-refractivity contribution >= 4 is 11.7 Å². The monoisotopic (exact) mass is 115 g/mol. The maximum atomic E-state index is 10.4. The summed E-state index contributed by atoms with van der Waals surface area (Å²) in [5, 5.41) is 0. The summed E-state index contributed by atoms with van der Waals surface area (Å²) in [6.45, 7) is 1.25. The third kappa shape index (κ3) is 1.73. The van der Waals surface area contributed by atoms with E-state index in [1.54, 1.807) is 14.1 Å². The molecule has 0 radical (unpaired) electrons. The number of ketones is 1. The molecule has 0 N–H and O–H groups in total. The number of hydrogen-bond acceptors (Lipinski definition) is 2. The molecule has 0 unspecified atom stereocenters. The molecule has 0 aliphatic carbocycles. The number of Topliss-reactive ketones (excluding diaryl/α,β-unsaturated/α-hetero) is 1. The maximum absolute atomic E-state index is 10.4. The largest absolute Gasteiger partial charge is 0.342 e. The van der Waals surface area contributed by atoms with Gasteiger partial charge >= 0.3 is 0 Å². The van der Waals surface area contributed by atoms with Gasteiger partial charge in [-0.3, -0.25) is 9.59 Å². The summed E-state index contributed by atoms with van der Waals surface area (Å²) in [4.78, 5) is 21.9. The second kappa shape index (κ2) is 2.45. The Morgan fingerprint density at radius 2 is 1.62 bits per heavy atom. The highest BCUT2D eigenvalue weighted by Gasteiger charge is 2.07. The topological polar surface area (TPSA) is 37.4 Å². The van der Waals surface area contributed by atoms with E-state index >= 15 is 0 Å². The van der Waals surface area contributed by atoms with Gasteiger partial charge in [-0.15, -0.1) is 0 Å². The van der Waals surface area contributed by atoms with Crippen LogP contribution >= 0.6 is 0 Å². The van der Waals surface area contributed by atoms with Crippen LogP contribution in [0.15, 0.2) is 0 Å². The molecule has 0 atom stereocenters. The van der Waals surface area contributed by atoms with Gasteiger partial charge in [0.1, 0.15) is 0 Å². The van der Waals surface area contributed by atoms with E-state index in [0.717, 1.165) is 0 Å². The number of rotatable bonds is 1. The Balaban J connectivity index is 3.84. The summed E-state index contributed by atoms with van der Waals surface area (Å²) in [6.07, 6.45) is 0. The van der Waals surface area contributed by atoms with Crippen LogP contribution in [0.5, 0.6) is 0 Å². The first-order valence-corrected chi connectivity index (χ1v) is 2.28. The standard InChI is InChI=1S/C5H9NO2/c1-4(7)5(8)6(2)3/h1-3H3. The Morgan fingerprint density at radius 3 is 1.62 bits per heavy atom. The van der Waals surface area contributed by atoms with Gasteiger partial charge in [0.05, 0.1) is 0 Å². The van der Waals surface area contributed by atoms with E-state index in [4.69, 9.17) is 0 Å². The highest BCUT2D eigenvalue weighted by molar-refractivity contribution is 6.34. The summed E-state index contributed by atoms with van der Waals surface area (Å²) in [6, 6.07) is 0. The number of hydrogen-bond donors (Lipinski definition) is 0. The summed E-state index contributed by atoms with van der Waals surface area (Å²) in [5.41, 5.74) is 0. The van der Waals surface area contributed by atoms with Crippen LogP contribution in [0.4, 0.5) is 0 Å². The molecule has 3 heteroatoms. The SMILES string of the molecule is CC(=O)C(=O)N(C)C. The highest BCUT2D eigenvalue weighted by Crippen LogP contribution is 1.77. The molecule has 0 spiro atoms. The molecular weight excluding hydrogens is 106 g/mol. The average molecular weight is 115 g/mol. The molecule has 0 heterocycles. The van der Waals surface area contributed by atoms with Crippen molar-refractivity contribution in [1.82, 2.24) is 4.90 Å². The number of likely N-dealkylation sites (N-methyl/N-ethyl adjacent to an activating group) is 1. The van der Waals surface area contributed by atoms with Crippen LogP contribution in [0.2, 0.25) is 0 Å². The zero-order valence-electron chi connectivity index (χ0n) is 5.26. The Hall–Kier alpha value is -0.860. The lowest BCUT2D eigenvalue weighted by molar-refractivity contribution is -0.141. The zero-order valence-corrected chi connectivity index (χ0v) is 5.26. The van der Waals surface area contributed by atoms with Gasteiger partial charge in [-0.1, -0.05) is 0 Å². The second-order valence-electron chi connectivity index (χ2n) is 1.76. The molecule has 0 fully saturated rings. The number of carbonyl (C=O) groups is 2. The molecule has 0 rings (SSSR count). The minimum absolute atomic E-state index is 0.421. The molecule has 46 valence electrons. The van der Waals surface area contributed by atoms with Crippen molar-refractivity contribution in [3.05, 3.63) is 0 Å². The van der Waals surface area contributed by atoms with Crippen LogP contribution in [0.25, 0.3) is 0 Å². The summed E-state index contributed by atoms with van der Waals surface area (Å²) >= 11 is 0. The molecule has 8 heavy (non-hydrogen) atoms. The molecule has 0 aromatic carbocycles. The van der Waals surface area contributed by atoms with Crippen LogP contribution in [0, 0.1) is 0 Å². The summed E-state index contributed by atoms with van der Waals surface area (Å²) in [7, 11) is 3.09. The molecule has 0 bridgehead atoms. The summed E-state index contributed by atoms with van der Waals surface area (Å²) in [5.74, 6) is -0.875. The number of carbonyl (C=O) groups excluding carboxylic acids is 2. The maximum Gasteiger partial charge on any atom is 0.289 e. The van der Waals surface area contributed by atoms with Crippen molar-refractivity contribution in [3.63, 3.8) is 0 Å². The lowest BCUT2D eigenvalue weighted by atomic mass is 10.4. The Kier molecular flexibility index (Phi) is 2.19. The van der Waals surface area contributed by atoms with E-state index in [1.807, 2.05) is 0 Å². The van der Waals surface area contributed by atoms with Gasteiger partial charge in [0.25, 0.3) is 5.91 Å². The van der Waals surface area contributed by atoms with Crippen LogP contribution in [0.3, 0.4) is 0 Å². The lowest BCUT2D eigenvalue weighted by Gasteiger charge is -2.04. The minimum atomic E-state index is -0.454. The molecule has 0 aliphatic rings. The Morgan fingerprint density at radius 1 is 1.25 bits per heavy atom. The third-order valence-corrected chi connectivity index (χ3v) is 0.707. The van der Waals surface area contributed by atoms with Gasteiger partial charge in [-0.2, -0.15) is 0 Å². The van der Waals surface area contributed by atoms with Crippen molar-refractivity contribution in [2.24, 2.45) is 0 Å². The van der Waals surface area contributed by atoms with Gasteiger partial charge in [-0.05, 0) is 0 Å². The normalized spacial score (nSPS) is 8.38. The second-order valence-corrected chi connectivity index (χ2v) is 1.76. The quantitative estimate of drug-likeness (QED) is 0.438. The van der Waals surface area contributed by atoms with Crippen molar-refractivity contribution in [2.75, 3.05) is 14.1 Å².